The van der Waals surface area contributed by atoms with Crippen molar-refractivity contribution in [3.63, 3.8) is 0 Å². The predicted molar refractivity (Wildman–Crippen MR) is 156 cm³/mol. The van der Waals surface area contributed by atoms with Crippen molar-refractivity contribution in [2.75, 3.05) is 64.9 Å². The summed E-state index contributed by atoms with van der Waals surface area (Å²) >= 11 is 12.3. The highest BCUT2D eigenvalue weighted by atomic mass is 35.5. The van der Waals surface area contributed by atoms with Crippen LogP contribution in [-0.2, 0) is 11.2 Å². The van der Waals surface area contributed by atoms with Gasteiger partial charge < -0.3 is 25.3 Å². The van der Waals surface area contributed by atoms with E-state index >= 15 is 0 Å². The molecule has 8 nitrogen and oxygen atoms in total. The first kappa shape index (κ1) is 28.6. The number of aromatic nitrogens is 2. The molecule has 2 aliphatic rings. The van der Waals surface area contributed by atoms with Gasteiger partial charge in [0.25, 0.3) is 0 Å². The number of nitrogens with zero attached hydrogens (tertiary/aromatic N) is 3. The van der Waals surface area contributed by atoms with Crippen LogP contribution in [0.1, 0.15) is 17.7 Å². The van der Waals surface area contributed by atoms with Gasteiger partial charge in [0.05, 0.1) is 24.8 Å². The molecule has 5 rings (SSSR count). The SMILES string of the molecule is Nc1ncc(-c2cnc(C3=CCNCC3)c(OCCN3CCOCC3)c2)cc1OCCc1c(Cl)ccc(F)c1Cl. The summed E-state index contributed by atoms with van der Waals surface area (Å²) in [5.41, 5.74) is 10.2. The van der Waals surface area contributed by atoms with Gasteiger partial charge in [-0.3, -0.25) is 9.88 Å². The number of rotatable bonds is 10. The number of morpholine rings is 1. The van der Waals surface area contributed by atoms with Gasteiger partial charge in [0.2, 0.25) is 0 Å². The molecule has 4 heterocycles. The van der Waals surface area contributed by atoms with Crippen molar-refractivity contribution < 1.29 is 18.6 Å². The summed E-state index contributed by atoms with van der Waals surface area (Å²) in [7, 11) is 0. The number of hydrogen-bond acceptors (Lipinski definition) is 8. The summed E-state index contributed by atoms with van der Waals surface area (Å²) in [6.07, 6.45) is 6.85. The first-order valence-electron chi connectivity index (χ1n) is 13.3. The molecule has 0 spiro atoms. The van der Waals surface area contributed by atoms with E-state index in [4.69, 9.17) is 48.1 Å². The number of pyridine rings is 2. The molecule has 3 N–H and O–H groups in total. The Kier molecular flexibility index (Phi) is 9.72. The lowest BCUT2D eigenvalue weighted by molar-refractivity contribution is 0.0322. The molecule has 2 aromatic heterocycles. The van der Waals surface area contributed by atoms with E-state index in [1.807, 2.05) is 18.3 Å². The summed E-state index contributed by atoms with van der Waals surface area (Å²) in [5, 5.41) is 3.72. The Morgan fingerprint density at radius 1 is 1.02 bits per heavy atom. The second-order valence-corrected chi connectivity index (χ2v) is 10.4. The number of ether oxygens (including phenoxy) is 3. The van der Waals surface area contributed by atoms with Gasteiger partial charge in [-0.2, -0.15) is 0 Å². The third-order valence-corrected chi connectivity index (χ3v) is 7.72. The number of hydrogen-bond donors (Lipinski definition) is 2. The number of nitrogens with one attached hydrogen (secondary N) is 1. The minimum Gasteiger partial charge on any atom is -0.490 e. The zero-order valence-corrected chi connectivity index (χ0v) is 23.6. The van der Waals surface area contributed by atoms with Gasteiger partial charge in [0.1, 0.15) is 23.9 Å². The van der Waals surface area contributed by atoms with E-state index in [2.05, 4.69) is 21.3 Å². The second-order valence-electron chi connectivity index (χ2n) is 9.58. The lowest BCUT2D eigenvalue weighted by atomic mass is 10.0. The summed E-state index contributed by atoms with van der Waals surface area (Å²) in [4.78, 5) is 11.5. The molecule has 0 atom stereocenters. The zero-order valence-electron chi connectivity index (χ0n) is 22.1. The van der Waals surface area contributed by atoms with Crippen molar-refractivity contribution >= 4 is 34.6 Å². The van der Waals surface area contributed by atoms with Crippen molar-refractivity contribution in [1.82, 2.24) is 20.2 Å². The van der Waals surface area contributed by atoms with Crippen LogP contribution in [0.25, 0.3) is 16.7 Å². The Hall–Kier alpha value is -2.95. The van der Waals surface area contributed by atoms with E-state index in [-0.39, 0.29) is 17.4 Å². The molecule has 0 saturated carbocycles. The van der Waals surface area contributed by atoms with Crippen molar-refractivity contribution in [3.8, 4) is 22.6 Å². The molecule has 1 fully saturated rings. The fraction of sp³-hybridized carbons (Fsp3) is 0.379. The second kappa shape index (κ2) is 13.6. The third-order valence-electron chi connectivity index (χ3n) is 6.95. The Balaban J connectivity index is 1.33. The van der Waals surface area contributed by atoms with Crippen LogP contribution in [0.2, 0.25) is 10.0 Å². The monoisotopic (exact) mass is 587 g/mol. The maximum atomic E-state index is 13.9. The molecule has 1 aromatic carbocycles. The fourth-order valence-corrected chi connectivity index (χ4v) is 5.25. The van der Waals surface area contributed by atoms with Gasteiger partial charge in [-0.1, -0.05) is 29.3 Å². The van der Waals surface area contributed by atoms with Gasteiger partial charge in [-0.15, -0.1) is 0 Å². The van der Waals surface area contributed by atoms with E-state index < -0.39 is 5.82 Å². The first-order chi connectivity index (χ1) is 19.5. The van der Waals surface area contributed by atoms with Crippen LogP contribution in [0.5, 0.6) is 11.5 Å². The van der Waals surface area contributed by atoms with Gasteiger partial charge in [-0.25, -0.2) is 9.37 Å². The highest BCUT2D eigenvalue weighted by molar-refractivity contribution is 6.36. The van der Waals surface area contributed by atoms with E-state index in [0.29, 0.717) is 29.4 Å². The molecule has 40 heavy (non-hydrogen) atoms. The number of anilines is 1. The molecular weight excluding hydrogens is 556 g/mol. The summed E-state index contributed by atoms with van der Waals surface area (Å²) in [6.45, 7) is 6.56. The van der Waals surface area contributed by atoms with Crippen molar-refractivity contribution in [1.29, 1.82) is 0 Å². The lowest BCUT2D eigenvalue weighted by Crippen LogP contribution is -2.38. The average Bonchev–Trinajstić information content (AvgIpc) is 2.99. The highest BCUT2D eigenvalue weighted by Crippen LogP contribution is 2.34. The Labute approximate surface area is 243 Å². The molecule has 11 heteroatoms. The molecule has 0 amide bonds. The fourth-order valence-electron chi connectivity index (χ4n) is 4.69. The quantitative estimate of drug-likeness (QED) is 0.324. The van der Waals surface area contributed by atoms with Crippen LogP contribution < -0.4 is 20.5 Å². The minimum absolute atomic E-state index is 0.00729. The van der Waals surface area contributed by atoms with E-state index in [1.165, 1.54) is 17.7 Å². The van der Waals surface area contributed by atoms with Crippen LogP contribution in [0.15, 0.2) is 42.7 Å². The predicted octanol–water partition coefficient (Wildman–Crippen LogP) is 4.88. The molecule has 2 aliphatic heterocycles. The summed E-state index contributed by atoms with van der Waals surface area (Å²) < 4.78 is 31.6. The number of nitrogen functional groups attached to an aromatic ring is 1. The molecule has 212 valence electrons. The molecule has 1 saturated heterocycles. The van der Waals surface area contributed by atoms with Crippen molar-refractivity contribution in [2.45, 2.75) is 12.8 Å². The largest absolute Gasteiger partial charge is 0.490 e. The summed E-state index contributed by atoms with van der Waals surface area (Å²) in [5.74, 6) is 0.852. The minimum atomic E-state index is -0.525. The molecule has 0 radical (unpaired) electrons. The first-order valence-corrected chi connectivity index (χ1v) is 14.1. The number of nitrogens with two attached hydrogens (primary N) is 1. The molecule has 0 bridgehead atoms. The van der Waals surface area contributed by atoms with Gasteiger partial charge in [0, 0.05) is 61.1 Å². The molecule has 3 aromatic rings. The Bertz CT molecular complexity index is 1370. The molecular formula is C29H32Cl2FN5O3. The number of benzene rings is 1. The van der Waals surface area contributed by atoms with Gasteiger partial charge >= 0.3 is 0 Å². The topological polar surface area (TPSA) is 94.8 Å². The van der Waals surface area contributed by atoms with Crippen LogP contribution in [0.3, 0.4) is 0 Å². The lowest BCUT2D eigenvalue weighted by Gasteiger charge is -2.26. The normalized spacial score (nSPS) is 16.0. The van der Waals surface area contributed by atoms with Crippen molar-refractivity contribution in [3.05, 3.63) is 69.9 Å². The van der Waals surface area contributed by atoms with E-state index in [1.54, 1.807) is 6.20 Å². The van der Waals surface area contributed by atoms with Crippen LogP contribution in [-0.4, -0.2) is 74.0 Å². The average molecular weight is 589 g/mol. The maximum absolute atomic E-state index is 13.9. The van der Waals surface area contributed by atoms with Crippen LogP contribution in [0.4, 0.5) is 10.2 Å². The Morgan fingerprint density at radius 3 is 2.55 bits per heavy atom. The maximum Gasteiger partial charge on any atom is 0.166 e. The standard InChI is InChI=1S/C29H32Cl2FN5O3/c30-23-1-2-24(32)27(31)22(23)5-11-39-26-16-21(18-36-29(26)33)20-15-25(40-14-10-37-8-12-38-13-9-37)28(35-17-20)19-3-6-34-7-4-19/h1-3,15-18,34H,4-14H2,(H2,33,36). The zero-order chi connectivity index (χ0) is 27.9. The van der Waals surface area contributed by atoms with Crippen molar-refractivity contribution in [2.24, 2.45) is 0 Å². The summed E-state index contributed by atoms with van der Waals surface area (Å²) in [6, 6.07) is 6.52. The molecule has 0 unspecified atom stereocenters. The Morgan fingerprint density at radius 2 is 1.77 bits per heavy atom. The molecule has 0 aliphatic carbocycles. The van der Waals surface area contributed by atoms with Gasteiger partial charge in [-0.05, 0) is 48.4 Å². The van der Waals surface area contributed by atoms with Crippen LogP contribution in [0, 0.1) is 5.82 Å². The van der Waals surface area contributed by atoms with Gasteiger partial charge in [0.15, 0.2) is 11.6 Å². The third kappa shape index (κ3) is 7.03. The highest BCUT2D eigenvalue weighted by Gasteiger charge is 2.17. The smallest absolute Gasteiger partial charge is 0.166 e. The van der Waals surface area contributed by atoms with E-state index in [9.17, 15) is 4.39 Å². The number of halogens is 3. The van der Waals surface area contributed by atoms with E-state index in [0.717, 1.165) is 74.9 Å². The van der Waals surface area contributed by atoms with Crippen LogP contribution >= 0.6 is 23.2 Å².